The van der Waals surface area contributed by atoms with Crippen molar-refractivity contribution in [3.63, 3.8) is 0 Å². The lowest BCUT2D eigenvalue weighted by atomic mass is 9.96. The summed E-state index contributed by atoms with van der Waals surface area (Å²) < 4.78 is 0. The Morgan fingerprint density at radius 2 is 2.31 bits per heavy atom. The molecule has 1 amide bonds. The molecule has 0 aliphatic carbocycles. The molecule has 1 aromatic heterocycles. The molecule has 0 bridgehead atoms. The molecule has 1 saturated heterocycles. The normalized spacial score (nSPS) is 15.9. The zero-order chi connectivity index (χ0) is 11.5. The fraction of sp³-hybridized carbons (Fsp3) is 0.500. The molecule has 86 valence electrons. The van der Waals surface area contributed by atoms with Crippen LogP contribution in [0.15, 0.2) is 12.3 Å². The van der Waals surface area contributed by atoms with Gasteiger partial charge in [0.05, 0.1) is 12.8 Å². The lowest BCUT2D eigenvalue weighted by Crippen LogP contribution is -2.51. The van der Waals surface area contributed by atoms with E-state index in [9.17, 15) is 9.59 Å². The fourth-order valence-electron chi connectivity index (χ4n) is 1.81. The Morgan fingerprint density at radius 3 is 2.88 bits per heavy atom. The Hall–Kier alpha value is -1.85. The Bertz CT molecular complexity index is 382. The number of carboxylic acids is 1. The van der Waals surface area contributed by atoms with Crippen LogP contribution in [0.1, 0.15) is 12.1 Å². The summed E-state index contributed by atoms with van der Waals surface area (Å²) in [5, 5.41) is 15.0. The van der Waals surface area contributed by atoms with Crippen molar-refractivity contribution >= 4 is 11.9 Å². The van der Waals surface area contributed by atoms with Crippen LogP contribution in [0.4, 0.5) is 0 Å². The summed E-state index contributed by atoms with van der Waals surface area (Å²) in [4.78, 5) is 23.7. The highest BCUT2D eigenvalue weighted by atomic mass is 16.4. The SMILES string of the molecule is O=C(O)CC1CN(C(=O)Cc2ccn[nH]2)C1. The van der Waals surface area contributed by atoms with Crippen molar-refractivity contribution in [1.29, 1.82) is 0 Å². The molecule has 6 nitrogen and oxygen atoms in total. The van der Waals surface area contributed by atoms with E-state index >= 15 is 0 Å². The first kappa shape index (κ1) is 10.7. The third kappa shape index (κ3) is 2.39. The smallest absolute Gasteiger partial charge is 0.303 e. The van der Waals surface area contributed by atoms with E-state index in [0.29, 0.717) is 19.5 Å². The molecule has 0 aromatic carbocycles. The van der Waals surface area contributed by atoms with Gasteiger partial charge in [-0.05, 0) is 6.07 Å². The second-order valence-corrected chi connectivity index (χ2v) is 4.02. The van der Waals surface area contributed by atoms with E-state index in [4.69, 9.17) is 5.11 Å². The summed E-state index contributed by atoms with van der Waals surface area (Å²) in [7, 11) is 0. The minimum absolute atomic E-state index is 0.0193. The van der Waals surface area contributed by atoms with Crippen LogP contribution < -0.4 is 0 Å². The molecule has 2 rings (SSSR count). The van der Waals surface area contributed by atoms with Crippen LogP contribution in [0.2, 0.25) is 0 Å². The van der Waals surface area contributed by atoms with Crippen molar-refractivity contribution in [2.45, 2.75) is 12.8 Å². The lowest BCUT2D eigenvalue weighted by Gasteiger charge is -2.38. The summed E-state index contributed by atoms with van der Waals surface area (Å²) in [6, 6.07) is 1.76. The quantitative estimate of drug-likeness (QED) is 0.745. The first-order valence-corrected chi connectivity index (χ1v) is 5.13. The number of aromatic amines is 1. The molecule has 1 aliphatic heterocycles. The maximum atomic E-state index is 11.7. The lowest BCUT2D eigenvalue weighted by molar-refractivity contribution is -0.144. The van der Waals surface area contributed by atoms with Crippen LogP contribution >= 0.6 is 0 Å². The first-order valence-electron chi connectivity index (χ1n) is 5.13. The molecule has 1 fully saturated rings. The van der Waals surface area contributed by atoms with E-state index in [2.05, 4.69) is 10.2 Å². The van der Waals surface area contributed by atoms with Gasteiger partial charge in [-0.15, -0.1) is 0 Å². The number of nitrogens with zero attached hydrogens (tertiary/aromatic N) is 2. The topological polar surface area (TPSA) is 86.3 Å². The monoisotopic (exact) mass is 223 g/mol. The highest BCUT2D eigenvalue weighted by molar-refractivity contribution is 5.79. The van der Waals surface area contributed by atoms with Crippen LogP contribution in [0, 0.1) is 5.92 Å². The van der Waals surface area contributed by atoms with E-state index in [0.717, 1.165) is 5.69 Å². The van der Waals surface area contributed by atoms with Crippen molar-refractivity contribution < 1.29 is 14.7 Å². The summed E-state index contributed by atoms with van der Waals surface area (Å²) in [6.07, 6.45) is 2.06. The number of rotatable bonds is 4. The third-order valence-electron chi connectivity index (χ3n) is 2.67. The zero-order valence-electron chi connectivity index (χ0n) is 8.72. The molecule has 1 aromatic rings. The van der Waals surface area contributed by atoms with Gasteiger partial charge in [0.2, 0.25) is 5.91 Å². The van der Waals surface area contributed by atoms with Crippen LogP contribution in [0.25, 0.3) is 0 Å². The highest BCUT2D eigenvalue weighted by Crippen LogP contribution is 2.19. The van der Waals surface area contributed by atoms with Gasteiger partial charge in [0.1, 0.15) is 0 Å². The van der Waals surface area contributed by atoms with Gasteiger partial charge < -0.3 is 10.0 Å². The molecular weight excluding hydrogens is 210 g/mol. The van der Waals surface area contributed by atoms with Crippen molar-refractivity contribution in [1.82, 2.24) is 15.1 Å². The van der Waals surface area contributed by atoms with Crippen LogP contribution in [0.5, 0.6) is 0 Å². The number of amides is 1. The average Bonchev–Trinajstić information content (AvgIpc) is 2.62. The highest BCUT2D eigenvalue weighted by Gasteiger charge is 2.31. The number of hydrogen-bond donors (Lipinski definition) is 2. The largest absolute Gasteiger partial charge is 0.481 e. The van der Waals surface area contributed by atoms with E-state index in [1.165, 1.54) is 0 Å². The van der Waals surface area contributed by atoms with Gasteiger partial charge in [-0.1, -0.05) is 0 Å². The predicted octanol–water partition coefficient (Wildman–Crippen LogP) is -0.115. The Balaban J connectivity index is 1.75. The van der Waals surface area contributed by atoms with Gasteiger partial charge in [-0.3, -0.25) is 14.7 Å². The maximum Gasteiger partial charge on any atom is 0.303 e. The van der Waals surface area contributed by atoms with E-state index in [1.54, 1.807) is 17.2 Å². The maximum absolute atomic E-state index is 11.7. The van der Waals surface area contributed by atoms with Gasteiger partial charge in [-0.25, -0.2) is 0 Å². The van der Waals surface area contributed by atoms with Crippen molar-refractivity contribution in [3.05, 3.63) is 18.0 Å². The number of carbonyl (C=O) groups is 2. The number of hydrogen-bond acceptors (Lipinski definition) is 3. The summed E-state index contributed by atoms with van der Waals surface area (Å²) in [5.41, 5.74) is 0.784. The second-order valence-electron chi connectivity index (χ2n) is 4.02. The van der Waals surface area contributed by atoms with Crippen LogP contribution in [-0.2, 0) is 16.0 Å². The number of aromatic nitrogens is 2. The number of aliphatic carboxylic acids is 1. The zero-order valence-corrected chi connectivity index (χ0v) is 8.72. The standard InChI is InChI=1S/C10H13N3O3/c14-9(4-8-1-2-11-12-8)13-5-7(6-13)3-10(15)16/h1-2,7H,3-6H2,(H,11,12)(H,15,16). The summed E-state index contributed by atoms with van der Waals surface area (Å²) in [5.74, 6) is -0.667. The van der Waals surface area contributed by atoms with Crippen LogP contribution in [-0.4, -0.2) is 45.2 Å². The van der Waals surface area contributed by atoms with Gasteiger partial charge in [0.25, 0.3) is 0 Å². The van der Waals surface area contributed by atoms with E-state index in [-0.39, 0.29) is 18.2 Å². The number of likely N-dealkylation sites (tertiary alicyclic amines) is 1. The van der Waals surface area contributed by atoms with Gasteiger partial charge >= 0.3 is 5.97 Å². The molecule has 6 heteroatoms. The Morgan fingerprint density at radius 1 is 1.56 bits per heavy atom. The molecule has 1 aliphatic rings. The molecule has 0 saturated carbocycles. The van der Waals surface area contributed by atoms with Gasteiger partial charge in [0.15, 0.2) is 0 Å². The van der Waals surface area contributed by atoms with Crippen molar-refractivity contribution in [2.24, 2.45) is 5.92 Å². The molecule has 2 heterocycles. The third-order valence-corrected chi connectivity index (χ3v) is 2.67. The molecule has 0 radical (unpaired) electrons. The molecule has 0 atom stereocenters. The molecule has 16 heavy (non-hydrogen) atoms. The number of H-pyrrole nitrogens is 1. The molecular formula is C10H13N3O3. The fourth-order valence-corrected chi connectivity index (χ4v) is 1.81. The molecule has 0 unspecified atom stereocenters. The molecule has 0 spiro atoms. The number of nitrogens with one attached hydrogen (secondary N) is 1. The van der Waals surface area contributed by atoms with Crippen molar-refractivity contribution in [2.75, 3.05) is 13.1 Å². The van der Waals surface area contributed by atoms with Crippen LogP contribution in [0.3, 0.4) is 0 Å². The van der Waals surface area contributed by atoms with Gasteiger partial charge in [-0.2, -0.15) is 5.10 Å². The average molecular weight is 223 g/mol. The molecule has 2 N–H and O–H groups in total. The van der Waals surface area contributed by atoms with Crippen molar-refractivity contribution in [3.8, 4) is 0 Å². The Kier molecular flexibility index (Phi) is 2.89. The first-order chi connectivity index (χ1) is 7.65. The summed E-state index contributed by atoms with van der Waals surface area (Å²) in [6.45, 7) is 1.11. The minimum Gasteiger partial charge on any atom is -0.481 e. The van der Waals surface area contributed by atoms with E-state index < -0.39 is 5.97 Å². The van der Waals surface area contributed by atoms with Gasteiger partial charge in [0, 0.05) is 30.9 Å². The minimum atomic E-state index is -0.800. The second kappa shape index (κ2) is 4.34. The van der Waals surface area contributed by atoms with E-state index in [1.807, 2.05) is 0 Å². The Labute approximate surface area is 92.3 Å². The summed E-state index contributed by atoms with van der Waals surface area (Å²) >= 11 is 0. The predicted molar refractivity (Wildman–Crippen MR) is 54.6 cm³/mol. The number of carboxylic acid groups (broad SMARTS) is 1. The number of carbonyl (C=O) groups excluding carboxylic acids is 1.